The molecule has 0 aromatic heterocycles. The summed E-state index contributed by atoms with van der Waals surface area (Å²) in [6, 6.07) is 4.88. The number of hydrogen-bond donors (Lipinski definition) is 2. The molecule has 2 unspecified atom stereocenters. The molecule has 0 saturated heterocycles. The van der Waals surface area contributed by atoms with Crippen molar-refractivity contribution in [1.82, 2.24) is 5.32 Å². The molecule has 0 aliphatic rings. The highest BCUT2D eigenvalue weighted by atomic mass is 35.5. The van der Waals surface area contributed by atoms with Gasteiger partial charge in [-0.2, -0.15) is 0 Å². The number of hydrogen-bond acceptors (Lipinski definition) is 4. The van der Waals surface area contributed by atoms with Crippen molar-refractivity contribution in [2.45, 2.75) is 25.9 Å². The van der Waals surface area contributed by atoms with E-state index in [4.69, 9.17) is 26.8 Å². The molecule has 0 aliphatic carbocycles. The Bertz CT molecular complexity index is 452. The minimum Gasteiger partial charge on any atom is -0.483 e. The molecular weight excluding hydrogens is 280 g/mol. The maximum Gasteiger partial charge on any atom is 0.258 e. The number of carbonyl (C=O) groups is 1. The van der Waals surface area contributed by atoms with E-state index in [1.165, 1.54) is 0 Å². The predicted molar refractivity (Wildman–Crippen MR) is 79.0 cm³/mol. The van der Waals surface area contributed by atoms with Gasteiger partial charge in [0.1, 0.15) is 5.75 Å². The second-order valence-electron chi connectivity index (χ2n) is 4.68. The third-order valence-corrected chi connectivity index (χ3v) is 2.88. The summed E-state index contributed by atoms with van der Waals surface area (Å²) in [4.78, 5) is 11.7. The van der Waals surface area contributed by atoms with Crippen molar-refractivity contribution in [1.29, 1.82) is 0 Å². The van der Waals surface area contributed by atoms with E-state index in [0.29, 0.717) is 17.4 Å². The molecule has 3 N–H and O–H groups in total. The number of amides is 1. The Labute approximate surface area is 124 Å². The van der Waals surface area contributed by atoms with Crippen LogP contribution < -0.4 is 15.8 Å². The van der Waals surface area contributed by atoms with Gasteiger partial charge < -0.3 is 20.5 Å². The van der Waals surface area contributed by atoms with Crippen LogP contribution in [0.3, 0.4) is 0 Å². The molecule has 0 radical (unpaired) electrons. The third-order valence-electron chi connectivity index (χ3n) is 2.65. The van der Waals surface area contributed by atoms with Crippen molar-refractivity contribution < 1.29 is 14.3 Å². The quantitative estimate of drug-likeness (QED) is 0.806. The molecule has 6 heteroatoms. The van der Waals surface area contributed by atoms with Gasteiger partial charge in [0.25, 0.3) is 5.91 Å². The fourth-order valence-corrected chi connectivity index (χ4v) is 1.94. The lowest BCUT2D eigenvalue weighted by atomic mass is 10.1. The van der Waals surface area contributed by atoms with Crippen LogP contribution in [0.1, 0.15) is 25.5 Å². The second-order valence-corrected chi connectivity index (χ2v) is 5.12. The lowest BCUT2D eigenvalue weighted by molar-refractivity contribution is -0.124. The van der Waals surface area contributed by atoms with E-state index in [-0.39, 0.29) is 24.6 Å². The first-order valence-corrected chi connectivity index (χ1v) is 6.78. The number of nitrogens with one attached hydrogen (secondary N) is 1. The molecule has 0 spiro atoms. The molecule has 5 nitrogen and oxygen atoms in total. The number of halogens is 1. The van der Waals surface area contributed by atoms with Crippen LogP contribution in [0.25, 0.3) is 0 Å². The topological polar surface area (TPSA) is 73.6 Å². The number of benzene rings is 1. The second kappa shape index (κ2) is 8.09. The number of rotatable bonds is 7. The average molecular weight is 301 g/mol. The molecule has 0 bridgehead atoms. The Kier molecular flexibility index (Phi) is 6.78. The van der Waals surface area contributed by atoms with E-state index >= 15 is 0 Å². The molecular formula is C14H21ClN2O3. The summed E-state index contributed by atoms with van der Waals surface area (Å²) in [5, 5.41) is 3.35. The van der Waals surface area contributed by atoms with Crippen LogP contribution in [-0.2, 0) is 9.53 Å². The highest BCUT2D eigenvalue weighted by molar-refractivity contribution is 6.30. The van der Waals surface area contributed by atoms with E-state index in [1.54, 1.807) is 25.3 Å². The lowest BCUT2D eigenvalue weighted by Gasteiger charge is -2.16. The Balaban J connectivity index is 2.59. The monoisotopic (exact) mass is 300 g/mol. The summed E-state index contributed by atoms with van der Waals surface area (Å²) in [6.07, 6.45) is 0. The number of ether oxygens (including phenoxy) is 2. The summed E-state index contributed by atoms with van der Waals surface area (Å²) < 4.78 is 10.4. The van der Waals surface area contributed by atoms with Crippen molar-refractivity contribution in [3.8, 4) is 5.75 Å². The summed E-state index contributed by atoms with van der Waals surface area (Å²) >= 11 is 5.92. The molecule has 0 saturated carbocycles. The zero-order valence-corrected chi connectivity index (χ0v) is 12.7. The van der Waals surface area contributed by atoms with Crippen molar-refractivity contribution in [2.24, 2.45) is 5.73 Å². The normalized spacial score (nSPS) is 13.7. The van der Waals surface area contributed by atoms with Crippen LogP contribution in [-0.4, -0.2) is 32.3 Å². The van der Waals surface area contributed by atoms with E-state index in [2.05, 4.69) is 5.32 Å². The predicted octanol–water partition coefficient (Wildman–Crippen LogP) is 1.89. The van der Waals surface area contributed by atoms with Gasteiger partial charge in [-0.3, -0.25) is 4.79 Å². The molecule has 1 rings (SSSR count). The minimum absolute atomic E-state index is 0.0609. The number of carbonyl (C=O) groups excluding carboxylic acids is 1. The molecule has 20 heavy (non-hydrogen) atoms. The van der Waals surface area contributed by atoms with Gasteiger partial charge in [-0.1, -0.05) is 11.6 Å². The Morgan fingerprint density at radius 1 is 1.45 bits per heavy atom. The van der Waals surface area contributed by atoms with Crippen LogP contribution in [0, 0.1) is 0 Å². The largest absolute Gasteiger partial charge is 0.483 e. The van der Waals surface area contributed by atoms with Gasteiger partial charge >= 0.3 is 0 Å². The number of nitrogens with two attached hydrogens (primary N) is 1. The van der Waals surface area contributed by atoms with E-state index in [9.17, 15) is 4.79 Å². The summed E-state index contributed by atoms with van der Waals surface area (Å²) in [6.45, 7) is 4.07. The molecule has 112 valence electrons. The maximum absolute atomic E-state index is 11.7. The molecule has 1 aromatic rings. The average Bonchev–Trinajstić information content (AvgIpc) is 2.37. The molecule has 0 fully saturated rings. The summed E-state index contributed by atoms with van der Waals surface area (Å²) in [7, 11) is 1.59. The highest BCUT2D eigenvalue weighted by Crippen LogP contribution is 2.27. The standard InChI is InChI=1S/C14H21ClN2O3/c1-9(7-19-3)17-14(18)8-20-13-5-4-11(15)6-12(13)10(2)16/h4-6,9-10H,7-8,16H2,1-3H3,(H,17,18). The van der Waals surface area contributed by atoms with Gasteiger partial charge in [-0.25, -0.2) is 0 Å². The van der Waals surface area contributed by atoms with Gasteiger partial charge in [0.15, 0.2) is 6.61 Å². The first-order chi connectivity index (χ1) is 9.43. The van der Waals surface area contributed by atoms with E-state index in [0.717, 1.165) is 5.56 Å². The zero-order chi connectivity index (χ0) is 15.1. The van der Waals surface area contributed by atoms with Gasteiger partial charge in [0.05, 0.1) is 6.61 Å². The smallest absolute Gasteiger partial charge is 0.258 e. The van der Waals surface area contributed by atoms with Crippen LogP contribution in [0.5, 0.6) is 5.75 Å². The van der Waals surface area contributed by atoms with Crippen LogP contribution in [0.15, 0.2) is 18.2 Å². The van der Waals surface area contributed by atoms with E-state index < -0.39 is 0 Å². The molecule has 0 heterocycles. The first-order valence-electron chi connectivity index (χ1n) is 6.40. The molecule has 2 atom stereocenters. The first kappa shape index (κ1) is 16.8. The Morgan fingerprint density at radius 2 is 2.15 bits per heavy atom. The SMILES string of the molecule is COCC(C)NC(=O)COc1ccc(Cl)cc1C(C)N. The lowest BCUT2D eigenvalue weighted by Crippen LogP contribution is -2.38. The molecule has 1 aromatic carbocycles. The summed E-state index contributed by atoms with van der Waals surface area (Å²) in [5.41, 5.74) is 6.63. The van der Waals surface area contributed by atoms with Crippen molar-refractivity contribution in [2.75, 3.05) is 20.3 Å². The zero-order valence-electron chi connectivity index (χ0n) is 12.0. The van der Waals surface area contributed by atoms with Gasteiger partial charge in [0, 0.05) is 29.8 Å². The molecule has 0 aliphatic heterocycles. The van der Waals surface area contributed by atoms with Crippen LogP contribution in [0.4, 0.5) is 0 Å². The fraction of sp³-hybridized carbons (Fsp3) is 0.500. The van der Waals surface area contributed by atoms with Crippen molar-refractivity contribution in [3.63, 3.8) is 0 Å². The van der Waals surface area contributed by atoms with Gasteiger partial charge in [-0.05, 0) is 32.0 Å². The Hall–Kier alpha value is -1.30. The van der Waals surface area contributed by atoms with Crippen molar-refractivity contribution >= 4 is 17.5 Å². The number of methoxy groups -OCH3 is 1. The van der Waals surface area contributed by atoms with Crippen LogP contribution >= 0.6 is 11.6 Å². The van der Waals surface area contributed by atoms with Gasteiger partial charge in [-0.15, -0.1) is 0 Å². The summed E-state index contributed by atoms with van der Waals surface area (Å²) in [5.74, 6) is 0.360. The van der Waals surface area contributed by atoms with E-state index in [1.807, 2.05) is 13.8 Å². The maximum atomic E-state index is 11.7. The minimum atomic E-state index is -0.223. The Morgan fingerprint density at radius 3 is 2.75 bits per heavy atom. The van der Waals surface area contributed by atoms with Crippen LogP contribution in [0.2, 0.25) is 5.02 Å². The third kappa shape index (κ3) is 5.36. The van der Waals surface area contributed by atoms with Gasteiger partial charge in [0.2, 0.25) is 0 Å². The fourth-order valence-electron chi connectivity index (χ4n) is 1.76. The molecule has 1 amide bonds. The van der Waals surface area contributed by atoms with Crippen molar-refractivity contribution in [3.05, 3.63) is 28.8 Å². The highest BCUT2D eigenvalue weighted by Gasteiger charge is 2.12.